The van der Waals surface area contributed by atoms with Crippen LogP contribution in [0.4, 0.5) is 5.13 Å². The first-order chi connectivity index (χ1) is 11.5. The highest BCUT2D eigenvalue weighted by Gasteiger charge is 2.32. The van der Waals surface area contributed by atoms with Gasteiger partial charge < -0.3 is 5.32 Å². The first-order valence-electron chi connectivity index (χ1n) is 8.21. The van der Waals surface area contributed by atoms with Crippen molar-refractivity contribution in [3.63, 3.8) is 0 Å². The minimum Gasteiger partial charge on any atom is -0.300 e. The Morgan fingerprint density at radius 2 is 2.21 bits per heavy atom. The number of piperidine rings is 1. The third-order valence-corrected chi connectivity index (χ3v) is 7.59. The molecule has 0 saturated carbocycles. The van der Waals surface area contributed by atoms with Crippen molar-refractivity contribution in [1.29, 1.82) is 0 Å². The van der Waals surface area contributed by atoms with Crippen molar-refractivity contribution in [2.75, 3.05) is 29.9 Å². The van der Waals surface area contributed by atoms with E-state index >= 15 is 0 Å². The molecule has 1 atom stereocenters. The van der Waals surface area contributed by atoms with Gasteiger partial charge in [-0.05, 0) is 25.0 Å². The number of sulfonamides is 1. The number of aromatic nitrogens is 2. The predicted molar refractivity (Wildman–Crippen MR) is 97.9 cm³/mol. The molecule has 0 unspecified atom stereocenters. The molecule has 0 bridgehead atoms. The van der Waals surface area contributed by atoms with Gasteiger partial charge in [-0.25, -0.2) is 12.7 Å². The molecule has 7 nitrogen and oxygen atoms in total. The Kier molecular flexibility index (Phi) is 7.45. The van der Waals surface area contributed by atoms with Gasteiger partial charge in [0.1, 0.15) is 0 Å². The zero-order chi connectivity index (χ0) is 17.6. The maximum atomic E-state index is 12.4. The van der Waals surface area contributed by atoms with Crippen LogP contribution in [-0.4, -0.2) is 53.4 Å². The summed E-state index contributed by atoms with van der Waals surface area (Å²) in [5.41, 5.74) is 0. The fourth-order valence-electron chi connectivity index (χ4n) is 2.51. The second kappa shape index (κ2) is 9.12. The normalized spacial score (nSPS) is 19.3. The summed E-state index contributed by atoms with van der Waals surface area (Å²) in [6, 6.07) is 0. The van der Waals surface area contributed by atoms with E-state index in [4.69, 9.17) is 0 Å². The lowest BCUT2D eigenvalue weighted by Gasteiger charge is -2.31. The lowest BCUT2D eigenvalue weighted by atomic mass is 9.99. The molecule has 0 aromatic carbocycles. The average molecular weight is 393 g/mol. The Bertz CT molecular complexity index is 647. The van der Waals surface area contributed by atoms with Gasteiger partial charge in [-0.2, -0.15) is 0 Å². The molecule has 2 heterocycles. The number of rotatable bonds is 8. The fourth-order valence-corrected chi connectivity index (χ4v) is 5.89. The van der Waals surface area contributed by atoms with Crippen LogP contribution in [0, 0.1) is 5.92 Å². The van der Waals surface area contributed by atoms with E-state index in [1.54, 1.807) is 11.8 Å². The van der Waals surface area contributed by atoms with Gasteiger partial charge in [0.15, 0.2) is 4.34 Å². The molecule has 1 aliphatic heterocycles. The first-order valence-corrected chi connectivity index (χ1v) is 11.6. The van der Waals surface area contributed by atoms with E-state index in [1.165, 1.54) is 15.6 Å². The molecule has 1 saturated heterocycles. The van der Waals surface area contributed by atoms with Crippen LogP contribution in [0.3, 0.4) is 0 Å². The molecule has 0 spiro atoms. The monoisotopic (exact) mass is 392 g/mol. The highest BCUT2D eigenvalue weighted by atomic mass is 32.2. The number of carbonyl (C=O) groups is 1. The van der Waals surface area contributed by atoms with Crippen LogP contribution in [0.15, 0.2) is 4.34 Å². The van der Waals surface area contributed by atoms with Crippen LogP contribution in [0.5, 0.6) is 0 Å². The van der Waals surface area contributed by atoms with Gasteiger partial charge in [-0.1, -0.05) is 43.4 Å². The van der Waals surface area contributed by atoms with E-state index < -0.39 is 10.0 Å². The van der Waals surface area contributed by atoms with Crippen molar-refractivity contribution in [3.8, 4) is 0 Å². The summed E-state index contributed by atoms with van der Waals surface area (Å²) in [6.45, 7) is 4.76. The minimum atomic E-state index is -3.26. The number of amides is 1. The smallest absolute Gasteiger partial charge is 0.230 e. The highest BCUT2D eigenvalue weighted by Crippen LogP contribution is 2.26. The predicted octanol–water partition coefficient (Wildman–Crippen LogP) is 2.43. The Morgan fingerprint density at radius 1 is 1.42 bits per heavy atom. The van der Waals surface area contributed by atoms with Crippen molar-refractivity contribution in [3.05, 3.63) is 0 Å². The Balaban J connectivity index is 1.94. The largest absolute Gasteiger partial charge is 0.300 e. The maximum absolute atomic E-state index is 12.4. The maximum Gasteiger partial charge on any atom is 0.230 e. The zero-order valence-electron chi connectivity index (χ0n) is 14.0. The SMILES string of the molecule is CCCCS(=O)(=O)N1CCC[C@@H](C(=O)Nc2nnc(SCC)s2)C1. The summed E-state index contributed by atoms with van der Waals surface area (Å²) in [5, 5.41) is 11.2. The van der Waals surface area contributed by atoms with Gasteiger partial charge in [0.25, 0.3) is 0 Å². The van der Waals surface area contributed by atoms with E-state index in [2.05, 4.69) is 15.5 Å². The second-order valence-electron chi connectivity index (χ2n) is 5.66. The van der Waals surface area contributed by atoms with Crippen LogP contribution in [-0.2, 0) is 14.8 Å². The third kappa shape index (κ3) is 5.40. The molecule has 1 aromatic rings. The van der Waals surface area contributed by atoms with Gasteiger partial charge >= 0.3 is 0 Å². The van der Waals surface area contributed by atoms with E-state index in [0.717, 1.165) is 16.5 Å². The molecule has 1 aromatic heterocycles. The summed E-state index contributed by atoms with van der Waals surface area (Å²) in [5.74, 6) is 0.553. The lowest BCUT2D eigenvalue weighted by Crippen LogP contribution is -2.44. The van der Waals surface area contributed by atoms with E-state index in [1.807, 2.05) is 13.8 Å². The van der Waals surface area contributed by atoms with Gasteiger partial charge in [0.05, 0.1) is 11.7 Å². The molecular formula is C14H24N4O3S3. The third-order valence-electron chi connectivity index (χ3n) is 3.81. The van der Waals surface area contributed by atoms with Crippen molar-refractivity contribution < 1.29 is 13.2 Å². The molecule has 136 valence electrons. The van der Waals surface area contributed by atoms with E-state index in [9.17, 15) is 13.2 Å². The average Bonchev–Trinajstić information content (AvgIpc) is 3.00. The van der Waals surface area contributed by atoms with Crippen LogP contribution >= 0.6 is 23.1 Å². The summed E-state index contributed by atoms with van der Waals surface area (Å²) in [6.07, 6.45) is 2.89. The first kappa shape index (κ1) is 19.6. The number of hydrogen-bond acceptors (Lipinski definition) is 7. The van der Waals surface area contributed by atoms with Crippen LogP contribution in [0.25, 0.3) is 0 Å². The summed E-state index contributed by atoms with van der Waals surface area (Å²) in [7, 11) is -3.26. The molecule has 0 aliphatic carbocycles. The number of unbranched alkanes of at least 4 members (excludes halogenated alkanes) is 1. The Labute approximate surface area is 151 Å². The van der Waals surface area contributed by atoms with Crippen molar-refractivity contribution >= 4 is 44.2 Å². The second-order valence-corrected chi connectivity index (χ2v) is 10.2. The van der Waals surface area contributed by atoms with Gasteiger partial charge in [0, 0.05) is 13.1 Å². The van der Waals surface area contributed by atoms with Crippen molar-refractivity contribution in [1.82, 2.24) is 14.5 Å². The van der Waals surface area contributed by atoms with Gasteiger partial charge in [-0.15, -0.1) is 10.2 Å². The molecule has 2 rings (SSSR count). The van der Waals surface area contributed by atoms with Crippen molar-refractivity contribution in [2.24, 2.45) is 5.92 Å². The van der Waals surface area contributed by atoms with Crippen LogP contribution in [0.2, 0.25) is 0 Å². The number of thioether (sulfide) groups is 1. The Morgan fingerprint density at radius 3 is 2.92 bits per heavy atom. The molecule has 1 amide bonds. The molecule has 1 N–H and O–H groups in total. The highest BCUT2D eigenvalue weighted by molar-refractivity contribution is 8.01. The molecule has 1 aliphatic rings. The van der Waals surface area contributed by atoms with E-state index in [0.29, 0.717) is 30.9 Å². The molecular weight excluding hydrogens is 368 g/mol. The van der Waals surface area contributed by atoms with Crippen LogP contribution in [0.1, 0.15) is 39.5 Å². The van der Waals surface area contributed by atoms with Crippen LogP contribution < -0.4 is 5.32 Å². The van der Waals surface area contributed by atoms with E-state index in [-0.39, 0.29) is 24.1 Å². The molecule has 24 heavy (non-hydrogen) atoms. The quantitative estimate of drug-likeness (QED) is 0.539. The summed E-state index contributed by atoms with van der Waals surface area (Å²) >= 11 is 2.92. The fraction of sp³-hybridized carbons (Fsp3) is 0.786. The zero-order valence-corrected chi connectivity index (χ0v) is 16.5. The summed E-state index contributed by atoms with van der Waals surface area (Å²) < 4.78 is 26.9. The molecule has 1 fully saturated rings. The summed E-state index contributed by atoms with van der Waals surface area (Å²) in [4.78, 5) is 12.4. The number of nitrogens with zero attached hydrogens (tertiary/aromatic N) is 3. The van der Waals surface area contributed by atoms with Gasteiger partial charge in [-0.3, -0.25) is 4.79 Å². The molecule has 0 radical (unpaired) electrons. The number of anilines is 1. The minimum absolute atomic E-state index is 0.159. The number of hydrogen-bond donors (Lipinski definition) is 1. The number of carbonyl (C=O) groups excluding carboxylic acids is 1. The lowest BCUT2D eigenvalue weighted by molar-refractivity contribution is -0.120. The number of nitrogens with one attached hydrogen (secondary N) is 1. The van der Waals surface area contributed by atoms with Gasteiger partial charge in [0.2, 0.25) is 21.1 Å². The molecule has 10 heteroatoms. The van der Waals surface area contributed by atoms with Crippen molar-refractivity contribution in [2.45, 2.75) is 43.9 Å². The standard InChI is InChI=1S/C14H24N4O3S3/c1-3-5-9-24(20,21)18-8-6-7-11(10-18)12(19)15-13-16-17-14(23-13)22-4-2/h11H,3-10H2,1-2H3,(H,15,16,19)/t11-/m1/s1. The topological polar surface area (TPSA) is 92.3 Å². The Hall–Kier alpha value is -0.710.